The van der Waals surface area contributed by atoms with Crippen LogP contribution in [0, 0.1) is 0 Å². The molecule has 0 aromatic heterocycles. The molecule has 0 atom stereocenters. The smallest absolute Gasteiger partial charge is 0.283 e. The Bertz CT molecular complexity index is 814. The molecule has 0 spiro atoms. The third kappa shape index (κ3) is 2.88. The summed E-state index contributed by atoms with van der Waals surface area (Å²) in [5, 5.41) is 12.4. The van der Waals surface area contributed by atoms with Crippen LogP contribution >= 0.6 is 23.2 Å². The van der Waals surface area contributed by atoms with Gasteiger partial charge < -0.3 is 10.4 Å². The van der Waals surface area contributed by atoms with Crippen LogP contribution in [0.3, 0.4) is 0 Å². The fourth-order valence-corrected chi connectivity index (χ4v) is 2.46. The molecule has 1 aliphatic rings. The highest BCUT2D eigenvalue weighted by Crippen LogP contribution is 2.30. The summed E-state index contributed by atoms with van der Waals surface area (Å²) < 4.78 is 0. The Morgan fingerprint density at radius 1 is 0.870 bits per heavy atom. The molecule has 2 amide bonds. The highest BCUT2D eigenvalue weighted by Gasteiger charge is 2.38. The number of hydrogen-bond donors (Lipinski definition) is 2. The maximum atomic E-state index is 12.5. The van der Waals surface area contributed by atoms with Crippen LogP contribution in [0.1, 0.15) is 0 Å². The number of amides is 2. The number of carbonyl (C=O) groups is 2. The number of aromatic hydroxyl groups is 1. The van der Waals surface area contributed by atoms with Crippen molar-refractivity contribution in [2.75, 3.05) is 10.2 Å². The number of carbonyl (C=O) groups excluding carboxylic acids is 2. The number of halogens is 2. The van der Waals surface area contributed by atoms with Gasteiger partial charge >= 0.3 is 0 Å². The summed E-state index contributed by atoms with van der Waals surface area (Å²) in [5.41, 5.74) is 0.886. The van der Waals surface area contributed by atoms with E-state index >= 15 is 0 Å². The van der Waals surface area contributed by atoms with Crippen molar-refractivity contribution >= 4 is 46.4 Å². The van der Waals surface area contributed by atoms with E-state index in [0.717, 1.165) is 4.90 Å². The molecule has 23 heavy (non-hydrogen) atoms. The molecule has 0 saturated heterocycles. The fourth-order valence-electron chi connectivity index (χ4n) is 2.13. The van der Waals surface area contributed by atoms with E-state index in [4.69, 9.17) is 23.2 Å². The predicted octanol–water partition coefficient (Wildman–Crippen LogP) is 3.48. The average Bonchev–Trinajstić information content (AvgIpc) is 2.74. The van der Waals surface area contributed by atoms with E-state index in [1.165, 1.54) is 12.1 Å². The van der Waals surface area contributed by atoms with Gasteiger partial charge in [0.1, 0.15) is 16.5 Å². The quantitative estimate of drug-likeness (QED) is 0.658. The minimum atomic E-state index is -0.611. The number of nitrogens with one attached hydrogen (secondary N) is 1. The first-order valence-corrected chi connectivity index (χ1v) is 7.33. The molecule has 1 aliphatic heterocycles. The van der Waals surface area contributed by atoms with Gasteiger partial charge in [0.05, 0.1) is 5.69 Å². The summed E-state index contributed by atoms with van der Waals surface area (Å²) in [6, 6.07) is 12.3. The summed E-state index contributed by atoms with van der Waals surface area (Å²) in [6.07, 6.45) is 0. The lowest BCUT2D eigenvalue weighted by Gasteiger charge is -2.15. The topological polar surface area (TPSA) is 69.6 Å². The minimum absolute atomic E-state index is 0.0164. The van der Waals surface area contributed by atoms with E-state index in [2.05, 4.69) is 5.32 Å². The van der Waals surface area contributed by atoms with E-state index < -0.39 is 11.8 Å². The number of phenols is 1. The minimum Gasteiger partial charge on any atom is -0.508 e. The lowest BCUT2D eigenvalue weighted by molar-refractivity contribution is -0.120. The van der Waals surface area contributed by atoms with E-state index in [-0.39, 0.29) is 16.5 Å². The lowest BCUT2D eigenvalue weighted by atomic mass is 10.2. The Morgan fingerprint density at radius 3 is 2.09 bits per heavy atom. The number of imide groups is 1. The van der Waals surface area contributed by atoms with Crippen molar-refractivity contribution in [3.05, 3.63) is 64.3 Å². The van der Waals surface area contributed by atoms with Gasteiger partial charge in [-0.1, -0.05) is 23.2 Å². The van der Waals surface area contributed by atoms with Crippen LogP contribution in [-0.4, -0.2) is 16.9 Å². The molecule has 3 rings (SSSR count). The molecule has 0 radical (unpaired) electrons. The molecular weight excluding hydrogens is 339 g/mol. The van der Waals surface area contributed by atoms with Crippen molar-refractivity contribution in [1.82, 2.24) is 0 Å². The normalized spacial score (nSPS) is 14.6. The van der Waals surface area contributed by atoms with Gasteiger partial charge in [0, 0.05) is 10.7 Å². The second kappa shape index (κ2) is 5.95. The standard InChI is InChI=1S/C16H10Cl2N2O3/c17-9-1-5-11(6-2-9)20-15(22)13(18)14(16(20)23)19-10-3-7-12(21)8-4-10/h1-8,19,21H. The monoisotopic (exact) mass is 348 g/mol. The molecule has 0 bridgehead atoms. The van der Waals surface area contributed by atoms with Crippen molar-refractivity contribution in [2.45, 2.75) is 0 Å². The van der Waals surface area contributed by atoms with Crippen LogP contribution in [0.4, 0.5) is 11.4 Å². The van der Waals surface area contributed by atoms with Crippen LogP contribution < -0.4 is 10.2 Å². The first-order valence-electron chi connectivity index (χ1n) is 6.57. The molecule has 116 valence electrons. The van der Waals surface area contributed by atoms with Crippen molar-refractivity contribution in [3.63, 3.8) is 0 Å². The molecule has 2 N–H and O–H groups in total. The number of benzene rings is 2. The molecule has 5 nitrogen and oxygen atoms in total. The van der Waals surface area contributed by atoms with Crippen molar-refractivity contribution in [2.24, 2.45) is 0 Å². The Kier molecular flexibility index (Phi) is 3.98. The first kappa shape index (κ1) is 15.4. The van der Waals surface area contributed by atoms with Gasteiger partial charge in [-0.15, -0.1) is 0 Å². The van der Waals surface area contributed by atoms with Gasteiger partial charge in [-0.2, -0.15) is 0 Å². The van der Waals surface area contributed by atoms with Gasteiger partial charge in [0.25, 0.3) is 11.8 Å². The van der Waals surface area contributed by atoms with Crippen LogP contribution in [-0.2, 0) is 9.59 Å². The van der Waals surface area contributed by atoms with Gasteiger partial charge in [-0.3, -0.25) is 9.59 Å². The molecule has 2 aromatic rings. The van der Waals surface area contributed by atoms with E-state index in [9.17, 15) is 14.7 Å². The number of anilines is 2. The SMILES string of the molecule is O=C1C(Cl)=C(Nc2ccc(O)cc2)C(=O)N1c1ccc(Cl)cc1. The number of hydrogen-bond acceptors (Lipinski definition) is 4. The maximum absolute atomic E-state index is 12.5. The van der Waals surface area contributed by atoms with Crippen LogP contribution in [0.5, 0.6) is 5.75 Å². The maximum Gasteiger partial charge on any atom is 0.283 e. The molecule has 2 aromatic carbocycles. The largest absolute Gasteiger partial charge is 0.508 e. The van der Waals surface area contributed by atoms with Gasteiger partial charge in [0.15, 0.2) is 0 Å². The van der Waals surface area contributed by atoms with Crippen LogP contribution in [0.2, 0.25) is 5.02 Å². The van der Waals surface area contributed by atoms with Crippen molar-refractivity contribution in [3.8, 4) is 5.75 Å². The highest BCUT2D eigenvalue weighted by molar-refractivity contribution is 6.53. The summed E-state index contributed by atoms with van der Waals surface area (Å²) in [7, 11) is 0. The van der Waals surface area contributed by atoms with Crippen molar-refractivity contribution < 1.29 is 14.7 Å². The molecule has 1 heterocycles. The molecule has 0 saturated carbocycles. The number of phenolic OH excluding ortho intramolecular Hbond substituents is 1. The van der Waals surface area contributed by atoms with Crippen LogP contribution in [0.25, 0.3) is 0 Å². The molecule has 0 fully saturated rings. The molecule has 7 heteroatoms. The van der Waals surface area contributed by atoms with Crippen molar-refractivity contribution in [1.29, 1.82) is 0 Å². The summed E-state index contributed by atoms with van der Waals surface area (Å²) in [4.78, 5) is 25.7. The highest BCUT2D eigenvalue weighted by atomic mass is 35.5. The third-order valence-corrected chi connectivity index (χ3v) is 3.85. The zero-order valence-electron chi connectivity index (χ0n) is 11.6. The Morgan fingerprint density at radius 2 is 1.48 bits per heavy atom. The Balaban J connectivity index is 1.90. The second-order valence-corrected chi connectivity index (χ2v) is 5.60. The Labute approximate surface area is 141 Å². The molecular formula is C16H10Cl2N2O3. The van der Waals surface area contributed by atoms with Gasteiger partial charge in [0.2, 0.25) is 0 Å². The second-order valence-electron chi connectivity index (χ2n) is 4.78. The Hall–Kier alpha value is -2.50. The zero-order valence-corrected chi connectivity index (χ0v) is 13.1. The third-order valence-electron chi connectivity index (χ3n) is 3.25. The summed E-state index contributed by atoms with van der Waals surface area (Å²) in [5.74, 6) is -1.08. The fraction of sp³-hybridized carbons (Fsp3) is 0. The molecule has 0 unspecified atom stereocenters. The summed E-state index contributed by atoms with van der Waals surface area (Å²) in [6.45, 7) is 0. The van der Waals surface area contributed by atoms with Gasteiger partial charge in [-0.25, -0.2) is 4.90 Å². The molecule has 0 aliphatic carbocycles. The lowest BCUT2D eigenvalue weighted by Crippen LogP contribution is -2.32. The first-order chi connectivity index (χ1) is 11.0. The van der Waals surface area contributed by atoms with Crippen LogP contribution in [0.15, 0.2) is 59.3 Å². The predicted molar refractivity (Wildman–Crippen MR) is 88.6 cm³/mol. The van der Waals surface area contributed by atoms with Gasteiger partial charge in [-0.05, 0) is 48.5 Å². The average molecular weight is 349 g/mol. The van der Waals surface area contributed by atoms with E-state index in [1.807, 2.05) is 0 Å². The van der Waals surface area contributed by atoms with E-state index in [0.29, 0.717) is 16.4 Å². The van der Waals surface area contributed by atoms with E-state index in [1.54, 1.807) is 36.4 Å². The number of rotatable bonds is 3. The zero-order chi connectivity index (χ0) is 16.6. The summed E-state index contributed by atoms with van der Waals surface area (Å²) >= 11 is 11.8. The number of nitrogens with zero attached hydrogens (tertiary/aromatic N) is 1.